The minimum absolute atomic E-state index is 0.0319. The van der Waals surface area contributed by atoms with Crippen molar-refractivity contribution in [3.63, 3.8) is 0 Å². The van der Waals surface area contributed by atoms with Crippen molar-refractivity contribution in [2.45, 2.75) is 102 Å². The SMILES string of the molecule is CC(C)(C)[Si](C)(C)O[C@@H]1[C@@H](CO)C[C@@H](n2cnc3c(N)ncnc32)[C@@H]1O[Si](C)(C)C(C)(C)C. The van der Waals surface area contributed by atoms with Crippen LogP contribution < -0.4 is 5.73 Å². The van der Waals surface area contributed by atoms with Gasteiger partial charge in [-0.1, -0.05) is 41.5 Å². The number of hydrogen-bond donors (Lipinski definition) is 2. The Morgan fingerprint density at radius 2 is 1.52 bits per heavy atom. The van der Waals surface area contributed by atoms with Gasteiger partial charge in [-0.3, -0.25) is 0 Å². The number of aliphatic hydroxyl groups excluding tert-OH is 1. The van der Waals surface area contributed by atoms with Gasteiger partial charge in [0, 0.05) is 12.5 Å². The lowest BCUT2D eigenvalue weighted by Gasteiger charge is -2.45. The summed E-state index contributed by atoms with van der Waals surface area (Å²) in [4.78, 5) is 13.1. The number of anilines is 1. The molecular formula is C23H43N5O3Si2. The Kier molecular flexibility index (Phi) is 6.93. The fourth-order valence-electron chi connectivity index (χ4n) is 3.97. The summed E-state index contributed by atoms with van der Waals surface area (Å²) in [5.41, 5.74) is 7.35. The maximum absolute atomic E-state index is 10.4. The Morgan fingerprint density at radius 1 is 0.970 bits per heavy atom. The van der Waals surface area contributed by atoms with Gasteiger partial charge in [-0.25, -0.2) is 15.0 Å². The van der Waals surface area contributed by atoms with Gasteiger partial charge in [0.05, 0.1) is 24.6 Å². The Balaban J connectivity index is 2.10. The number of aliphatic hydroxyl groups is 1. The summed E-state index contributed by atoms with van der Waals surface area (Å²) in [6, 6.07) is -0.0645. The van der Waals surface area contributed by atoms with E-state index in [0.717, 1.165) is 6.42 Å². The lowest BCUT2D eigenvalue weighted by Crippen LogP contribution is -2.53. The van der Waals surface area contributed by atoms with Gasteiger partial charge in [-0.05, 0) is 42.7 Å². The minimum atomic E-state index is -2.15. The third kappa shape index (κ3) is 4.91. The molecule has 0 aliphatic heterocycles. The molecule has 0 bridgehead atoms. The molecule has 0 saturated heterocycles. The van der Waals surface area contributed by atoms with Crippen molar-refractivity contribution >= 4 is 33.6 Å². The van der Waals surface area contributed by atoms with E-state index in [0.29, 0.717) is 17.0 Å². The van der Waals surface area contributed by atoms with Gasteiger partial charge in [0.1, 0.15) is 11.8 Å². The van der Waals surface area contributed by atoms with Gasteiger partial charge in [0.15, 0.2) is 28.1 Å². The molecule has 2 heterocycles. The summed E-state index contributed by atoms with van der Waals surface area (Å²) < 4.78 is 16.1. The van der Waals surface area contributed by atoms with Crippen LogP contribution in [0.4, 0.5) is 5.82 Å². The van der Waals surface area contributed by atoms with Crippen LogP contribution in [0.15, 0.2) is 12.7 Å². The molecule has 1 aliphatic carbocycles. The van der Waals surface area contributed by atoms with Crippen LogP contribution in [0.25, 0.3) is 11.2 Å². The largest absolute Gasteiger partial charge is 0.411 e. The number of aromatic nitrogens is 4. The van der Waals surface area contributed by atoms with Crippen molar-refractivity contribution in [3.8, 4) is 0 Å². The molecule has 1 fully saturated rings. The summed E-state index contributed by atoms with van der Waals surface area (Å²) in [6.45, 7) is 22.6. The van der Waals surface area contributed by atoms with E-state index in [1.807, 2.05) is 0 Å². The van der Waals surface area contributed by atoms with E-state index in [1.165, 1.54) is 6.33 Å². The predicted molar refractivity (Wildman–Crippen MR) is 138 cm³/mol. The second-order valence-corrected chi connectivity index (χ2v) is 22.0. The summed E-state index contributed by atoms with van der Waals surface area (Å²) in [5, 5.41) is 10.5. The molecular weight excluding hydrogens is 450 g/mol. The smallest absolute Gasteiger partial charge is 0.192 e. The Hall–Kier alpha value is -1.34. The molecule has 2 aromatic rings. The van der Waals surface area contributed by atoms with Gasteiger partial charge < -0.3 is 24.3 Å². The third-order valence-corrected chi connectivity index (χ3v) is 17.1. The van der Waals surface area contributed by atoms with E-state index in [9.17, 15) is 5.11 Å². The zero-order chi connectivity index (χ0) is 25.0. The van der Waals surface area contributed by atoms with Crippen LogP contribution in [0.3, 0.4) is 0 Å². The zero-order valence-corrected chi connectivity index (χ0v) is 24.0. The molecule has 0 amide bonds. The molecule has 4 atom stereocenters. The van der Waals surface area contributed by atoms with Gasteiger partial charge in [0.2, 0.25) is 0 Å². The first-order valence-electron chi connectivity index (χ1n) is 11.9. The maximum atomic E-state index is 10.4. The van der Waals surface area contributed by atoms with Crippen molar-refractivity contribution in [3.05, 3.63) is 12.7 Å². The summed E-state index contributed by atoms with van der Waals surface area (Å²) in [7, 11) is -4.26. The lowest BCUT2D eigenvalue weighted by molar-refractivity contribution is 0.0110. The van der Waals surface area contributed by atoms with E-state index in [4.69, 9.17) is 14.6 Å². The van der Waals surface area contributed by atoms with Crippen LogP contribution in [0.1, 0.15) is 54.0 Å². The molecule has 1 saturated carbocycles. The lowest BCUT2D eigenvalue weighted by atomic mass is 10.1. The highest BCUT2D eigenvalue weighted by Crippen LogP contribution is 2.48. The zero-order valence-electron chi connectivity index (χ0n) is 22.0. The van der Waals surface area contributed by atoms with Gasteiger partial charge in [-0.2, -0.15) is 0 Å². The second kappa shape index (κ2) is 8.71. The Labute approximate surface area is 200 Å². The third-order valence-electron chi connectivity index (χ3n) is 8.16. The summed E-state index contributed by atoms with van der Waals surface area (Å²) in [5.74, 6) is 0.335. The number of nitrogen functional groups attached to an aromatic ring is 1. The van der Waals surface area contributed by atoms with Crippen LogP contribution in [0.5, 0.6) is 0 Å². The number of nitrogens with zero attached hydrogens (tertiary/aromatic N) is 4. The average Bonchev–Trinajstić information content (AvgIpc) is 3.22. The molecule has 10 heteroatoms. The average molecular weight is 494 g/mol. The molecule has 1 aliphatic rings. The van der Waals surface area contributed by atoms with Crippen molar-refractivity contribution < 1.29 is 14.0 Å². The molecule has 0 spiro atoms. The number of imidazole rings is 1. The van der Waals surface area contributed by atoms with Gasteiger partial charge in [-0.15, -0.1) is 0 Å². The fourth-order valence-corrected chi connectivity index (χ4v) is 6.66. The first-order chi connectivity index (χ1) is 15.0. The molecule has 8 nitrogen and oxygen atoms in total. The summed E-state index contributed by atoms with van der Waals surface area (Å²) >= 11 is 0. The fraction of sp³-hybridized carbons (Fsp3) is 0.783. The van der Waals surface area contributed by atoms with Gasteiger partial charge >= 0.3 is 0 Å². The number of nitrogens with two attached hydrogens (primary N) is 1. The molecule has 0 radical (unpaired) electrons. The van der Waals surface area contributed by atoms with E-state index < -0.39 is 16.6 Å². The monoisotopic (exact) mass is 493 g/mol. The van der Waals surface area contributed by atoms with Crippen LogP contribution in [0.2, 0.25) is 36.3 Å². The number of rotatable bonds is 6. The highest BCUT2D eigenvalue weighted by atomic mass is 28.4. The van der Waals surface area contributed by atoms with E-state index in [-0.39, 0.29) is 40.9 Å². The van der Waals surface area contributed by atoms with E-state index in [1.54, 1.807) is 6.33 Å². The molecule has 2 aromatic heterocycles. The van der Waals surface area contributed by atoms with Crippen LogP contribution in [-0.2, 0) is 8.85 Å². The normalized spacial score (nSPS) is 25.2. The van der Waals surface area contributed by atoms with Crippen molar-refractivity contribution in [2.24, 2.45) is 5.92 Å². The quantitative estimate of drug-likeness (QED) is 0.559. The van der Waals surface area contributed by atoms with E-state index >= 15 is 0 Å². The van der Waals surface area contributed by atoms with E-state index in [2.05, 4.69) is 87.2 Å². The van der Waals surface area contributed by atoms with Crippen molar-refractivity contribution in [1.82, 2.24) is 19.5 Å². The van der Waals surface area contributed by atoms with Gasteiger partial charge in [0.25, 0.3) is 0 Å². The first-order valence-corrected chi connectivity index (χ1v) is 17.7. The molecule has 0 aromatic carbocycles. The Morgan fingerprint density at radius 3 is 2.03 bits per heavy atom. The maximum Gasteiger partial charge on any atom is 0.192 e. The molecule has 33 heavy (non-hydrogen) atoms. The predicted octanol–water partition coefficient (Wildman–Crippen LogP) is 4.74. The highest BCUT2D eigenvalue weighted by Gasteiger charge is 2.53. The first kappa shape index (κ1) is 26.3. The number of fused-ring (bicyclic) bond motifs is 1. The standard InChI is InChI=1S/C23H43N5O3Si2/c1-22(2,3)32(7,8)30-18-15(12-29)11-16(19(18)31-33(9,10)23(4,5)6)28-14-27-17-20(24)25-13-26-21(17)28/h13-16,18-19,29H,11-12H2,1-10H3,(H2,24,25,26)/t15-,16-,18-,19+/m1/s1. The molecule has 186 valence electrons. The van der Waals surface area contributed by atoms with Crippen molar-refractivity contribution in [2.75, 3.05) is 12.3 Å². The second-order valence-electron chi connectivity index (χ2n) is 12.5. The highest BCUT2D eigenvalue weighted by molar-refractivity contribution is 6.74. The van der Waals surface area contributed by atoms with Crippen LogP contribution in [-0.4, -0.2) is 60.1 Å². The molecule has 3 rings (SSSR count). The number of hydrogen-bond acceptors (Lipinski definition) is 7. The summed E-state index contributed by atoms with van der Waals surface area (Å²) in [6.07, 6.45) is 3.56. The molecule has 3 N–H and O–H groups in total. The molecule has 0 unspecified atom stereocenters. The van der Waals surface area contributed by atoms with Crippen molar-refractivity contribution in [1.29, 1.82) is 0 Å². The van der Waals surface area contributed by atoms with Crippen LogP contribution >= 0.6 is 0 Å². The van der Waals surface area contributed by atoms with Crippen LogP contribution in [0, 0.1) is 5.92 Å². The minimum Gasteiger partial charge on any atom is -0.411 e. The Bertz CT molecular complexity index is 981. The topological polar surface area (TPSA) is 108 Å².